The van der Waals surface area contributed by atoms with Gasteiger partial charge in [-0.25, -0.2) is 4.68 Å². The van der Waals surface area contributed by atoms with Crippen molar-refractivity contribution in [2.45, 2.75) is 38.3 Å². The monoisotopic (exact) mass is 479 g/mol. The highest BCUT2D eigenvalue weighted by molar-refractivity contribution is 6.31. The first-order valence-electron chi connectivity index (χ1n) is 11.7. The Balaban J connectivity index is 1.18. The first-order chi connectivity index (χ1) is 16.6. The van der Waals surface area contributed by atoms with Crippen LogP contribution in [-0.2, 0) is 22.6 Å². The van der Waals surface area contributed by atoms with E-state index in [9.17, 15) is 9.59 Å². The van der Waals surface area contributed by atoms with Crippen molar-refractivity contribution in [1.82, 2.24) is 20.0 Å². The van der Waals surface area contributed by atoms with E-state index in [0.29, 0.717) is 30.4 Å². The van der Waals surface area contributed by atoms with Crippen LogP contribution in [0.25, 0.3) is 0 Å². The summed E-state index contributed by atoms with van der Waals surface area (Å²) in [6, 6.07) is 19.6. The number of anilines is 1. The number of carbonyl (C=O) groups excluding carboxylic acids is 2. The maximum atomic E-state index is 12.6. The van der Waals surface area contributed by atoms with Gasteiger partial charge in [0.05, 0.1) is 19.3 Å². The zero-order valence-corrected chi connectivity index (χ0v) is 19.9. The highest BCUT2D eigenvalue weighted by Crippen LogP contribution is 2.18. The molecule has 1 aliphatic rings. The lowest BCUT2D eigenvalue weighted by Gasteiger charge is -2.31. The quantitative estimate of drug-likeness (QED) is 0.490. The molecule has 178 valence electrons. The van der Waals surface area contributed by atoms with E-state index in [1.165, 1.54) is 5.56 Å². The van der Waals surface area contributed by atoms with Crippen LogP contribution in [0.4, 0.5) is 5.82 Å². The normalized spacial score (nSPS) is 14.6. The van der Waals surface area contributed by atoms with Gasteiger partial charge in [0.1, 0.15) is 5.82 Å². The number of rotatable bonds is 9. The highest BCUT2D eigenvalue weighted by atomic mass is 35.5. The Labute approximate surface area is 205 Å². The average Bonchev–Trinajstić information content (AvgIpc) is 3.27. The third-order valence-electron chi connectivity index (χ3n) is 6.07. The molecule has 0 aliphatic carbocycles. The van der Waals surface area contributed by atoms with E-state index in [-0.39, 0.29) is 17.9 Å². The molecule has 2 heterocycles. The number of amides is 2. The van der Waals surface area contributed by atoms with Crippen molar-refractivity contribution >= 4 is 29.2 Å². The van der Waals surface area contributed by atoms with Crippen molar-refractivity contribution in [2.24, 2.45) is 0 Å². The van der Waals surface area contributed by atoms with Crippen LogP contribution in [0.5, 0.6) is 0 Å². The molecule has 4 rings (SSSR count). The number of piperidine rings is 1. The van der Waals surface area contributed by atoms with Gasteiger partial charge in [0.2, 0.25) is 11.8 Å². The van der Waals surface area contributed by atoms with Crippen LogP contribution < -0.4 is 10.6 Å². The second-order valence-electron chi connectivity index (χ2n) is 8.62. The number of benzene rings is 2. The van der Waals surface area contributed by atoms with Crippen molar-refractivity contribution in [3.63, 3.8) is 0 Å². The molecule has 1 saturated heterocycles. The zero-order valence-electron chi connectivity index (χ0n) is 19.1. The van der Waals surface area contributed by atoms with E-state index < -0.39 is 0 Å². The summed E-state index contributed by atoms with van der Waals surface area (Å²) < 4.78 is 1.73. The van der Waals surface area contributed by atoms with Gasteiger partial charge in [-0.1, -0.05) is 60.1 Å². The van der Waals surface area contributed by atoms with Crippen molar-refractivity contribution in [3.8, 4) is 0 Å². The summed E-state index contributed by atoms with van der Waals surface area (Å²) >= 11 is 6.26. The first kappa shape index (κ1) is 24.0. The third-order valence-corrected chi connectivity index (χ3v) is 6.43. The van der Waals surface area contributed by atoms with Gasteiger partial charge in [-0.3, -0.25) is 14.5 Å². The van der Waals surface area contributed by atoms with E-state index in [0.717, 1.165) is 37.9 Å². The van der Waals surface area contributed by atoms with Gasteiger partial charge in [-0.15, -0.1) is 0 Å². The van der Waals surface area contributed by atoms with Crippen molar-refractivity contribution in [1.29, 1.82) is 0 Å². The Bertz CT molecular complexity index is 1090. The molecule has 2 aromatic carbocycles. The number of hydrogen-bond donors (Lipinski definition) is 2. The summed E-state index contributed by atoms with van der Waals surface area (Å²) in [4.78, 5) is 27.1. The first-order valence-corrected chi connectivity index (χ1v) is 12.1. The molecule has 34 heavy (non-hydrogen) atoms. The van der Waals surface area contributed by atoms with Gasteiger partial charge >= 0.3 is 0 Å². The molecule has 0 radical (unpaired) electrons. The van der Waals surface area contributed by atoms with Crippen LogP contribution in [0.15, 0.2) is 66.9 Å². The van der Waals surface area contributed by atoms with E-state index in [4.69, 9.17) is 11.6 Å². The molecule has 3 aromatic rings. The van der Waals surface area contributed by atoms with Gasteiger partial charge in [0.25, 0.3) is 0 Å². The summed E-state index contributed by atoms with van der Waals surface area (Å²) in [7, 11) is 0. The fourth-order valence-corrected chi connectivity index (χ4v) is 4.37. The summed E-state index contributed by atoms with van der Waals surface area (Å²) in [6.07, 6.45) is 4.59. The fraction of sp³-hybridized carbons (Fsp3) is 0.346. The van der Waals surface area contributed by atoms with Crippen molar-refractivity contribution < 1.29 is 9.59 Å². The minimum Gasteiger partial charge on any atom is -0.353 e. The second-order valence-corrected chi connectivity index (χ2v) is 9.02. The molecule has 0 spiro atoms. The summed E-state index contributed by atoms with van der Waals surface area (Å²) in [6.45, 7) is 2.34. The Morgan fingerprint density at radius 1 is 0.971 bits per heavy atom. The third kappa shape index (κ3) is 6.92. The van der Waals surface area contributed by atoms with E-state index in [1.54, 1.807) is 16.9 Å². The van der Waals surface area contributed by atoms with E-state index in [2.05, 4.69) is 20.6 Å². The van der Waals surface area contributed by atoms with Crippen LogP contribution in [0.2, 0.25) is 5.02 Å². The van der Waals surface area contributed by atoms with Gasteiger partial charge in [-0.05, 0) is 36.5 Å². The van der Waals surface area contributed by atoms with Gasteiger partial charge in [0, 0.05) is 36.6 Å². The lowest BCUT2D eigenvalue weighted by molar-refractivity contribution is -0.122. The van der Waals surface area contributed by atoms with Gasteiger partial charge in [-0.2, -0.15) is 5.10 Å². The summed E-state index contributed by atoms with van der Waals surface area (Å²) in [5, 5.41) is 11.1. The Kier molecular flexibility index (Phi) is 8.33. The molecule has 2 amide bonds. The molecule has 0 bridgehead atoms. The van der Waals surface area contributed by atoms with E-state index in [1.807, 2.05) is 54.6 Å². The molecule has 1 fully saturated rings. The lowest BCUT2D eigenvalue weighted by atomic mass is 10.0. The van der Waals surface area contributed by atoms with Gasteiger partial charge < -0.3 is 10.6 Å². The fourth-order valence-electron chi connectivity index (χ4n) is 4.18. The number of nitrogens with zero attached hydrogens (tertiary/aromatic N) is 3. The molecular formula is C26H30ClN5O2. The van der Waals surface area contributed by atoms with Crippen LogP contribution in [-0.4, -0.2) is 52.2 Å². The Hall–Kier alpha value is -3.16. The van der Waals surface area contributed by atoms with Crippen molar-refractivity contribution in [2.75, 3.05) is 25.0 Å². The number of aryl methyl sites for hydroxylation is 1. The average molecular weight is 480 g/mol. The maximum absolute atomic E-state index is 12.6. The number of nitrogens with one attached hydrogen (secondary N) is 2. The molecule has 0 saturated carbocycles. The van der Waals surface area contributed by atoms with Crippen LogP contribution in [0, 0.1) is 0 Å². The maximum Gasteiger partial charge on any atom is 0.239 e. The molecule has 7 nitrogen and oxygen atoms in total. The van der Waals surface area contributed by atoms with Crippen molar-refractivity contribution in [3.05, 3.63) is 83.0 Å². The SMILES string of the molecule is O=C(CN1CCC(NC(=O)CCc2ccccc2)CC1)Nc1ccnn1Cc1ccccc1Cl. The Morgan fingerprint density at radius 3 is 2.47 bits per heavy atom. The minimum atomic E-state index is -0.0775. The number of halogens is 1. The molecule has 1 aliphatic heterocycles. The molecule has 1 aromatic heterocycles. The van der Waals surface area contributed by atoms with Crippen LogP contribution in [0.3, 0.4) is 0 Å². The molecule has 0 atom stereocenters. The van der Waals surface area contributed by atoms with Crippen LogP contribution in [0.1, 0.15) is 30.4 Å². The standard InChI is InChI=1S/C26H30ClN5O2/c27-23-9-5-4-8-21(23)18-32-24(12-15-28-32)30-26(34)19-31-16-13-22(14-17-31)29-25(33)11-10-20-6-2-1-3-7-20/h1-9,12,15,22H,10-11,13-14,16-19H2,(H,29,33)(H,30,34). The largest absolute Gasteiger partial charge is 0.353 e. The Morgan fingerprint density at radius 2 is 1.71 bits per heavy atom. The smallest absolute Gasteiger partial charge is 0.239 e. The molecule has 0 unspecified atom stereocenters. The highest BCUT2D eigenvalue weighted by Gasteiger charge is 2.22. The topological polar surface area (TPSA) is 79.3 Å². The zero-order chi connectivity index (χ0) is 23.8. The summed E-state index contributed by atoms with van der Waals surface area (Å²) in [5.41, 5.74) is 2.11. The van der Waals surface area contributed by atoms with Gasteiger partial charge in [0.15, 0.2) is 0 Å². The number of likely N-dealkylation sites (tertiary alicyclic amines) is 1. The molecular weight excluding hydrogens is 450 g/mol. The minimum absolute atomic E-state index is 0.0775. The predicted octanol–water partition coefficient (Wildman–Crippen LogP) is 3.74. The summed E-state index contributed by atoms with van der Waals surface area (Å²) in [5.74, 6) is 0.656. The number of aromatic nitrogens is 2. The van der Waals surface area contributed by atoms with Crippen LogP contribution >= 0.6 is 11.6 Å². The molecule has 8 heteroatoms. The number of carbonyl (C=O) groups is 2. The number of hydrogen-bond acceptors (Lipinski definition) is 4. The lowest BCUT2D eigenvalue weighted by Crippen LogP contribution is -2.46. The van der Waals surface area contributed by atoms with E-state index >= 15 is 0 Å². The predicted molar refractivity (Wildman–Crippen MR) is 134 cm³/mol. The second kappa shape index (κ2) is 11.8. The molecule has 2 N–H and O–H groups in total.